The Balaban J connectivity index is 1.95. The molecule has 0 bridgehead atoms. The second-order valence-electron chi connectivity index (χ2n) is 4.86. The van der Waals surface area contributed by atoms with Crippen LogP contribution in [0, 0.1) is 5.92 Å². The van der Waals surface area contributed by atoms with Crippen molar-refractivity contribution >= 4 is 0 Å². The molecular weight excluding hydrogens is 180 g/mol. The quantitative estimate of drug-likeness (QED) is 0.498. The molecule has 0 radical (unpaired) electrons. The van der Waals surface area contributed by atoms with Crippen molar-refractivity contribution in [3.8, 4) is 0 Å². The van der Waals surface area contributed by atoms with Gasteiger partial charge in [0.1, 0.15) is 0 Å². The SMILES string of the molecule is CCCCCCCCC1C=CC(C)=CC1. The van der Waals surface area contributed by atoms with Gasteiger partial charge in [-0.3, -0.25) is 0 Å². The van der Waals surface area contributed by atoms with Crippen molar-refractivity contribution in [2.75, 3.05) is 0 Å². The Morgan fingerprint density at radius 2 is 1.87 bits per heavy atom. The summed E-state index contributed by atoms with van der Waals surface area (Å²) in [7, 11) is 0. The maximum atomic E-state index is 2.40. The lowest BCUT2D eigenvalue weighted by molar-refractivity contribution is 0.519. The molecule has 0 nitrogen and oxygen atoms in total. The molecular formula is C15H26. The molecule has 1 unspecified atom stereocenters. The van der Waals surface area contributed by atoms with Gasteiger partial charge in [-0.1, -0.05) is 69.2 Å². The van der Waals surface area contributed by atoms with E-state index in [1.807, 2.05) is 0 Å². The summed E-state index contributed by atoms with van der Waals surface area (Å²) in [5.74, 6) is 0.833. The van der Waals surface area contributed by atoms with E-state index in [1.54, 1.807) is 0 Å². The third-order valence-electron chi connectivity index (χ3n) is 3.30. The van der Waals surface area contributed by atoms with Crippen LogP contribution in [-0.2, 0) is 0 Å². The zero-order chi connectivity index (χ0) is 10.9. The van der Waals surface area contributed by atoms with Crippen LogP contribution in [0.1, 0.15) is 65.2 Å². The van der Waals surface area contributed by atoms with Crippen LogP contribution in [0.5, 0.6) is 0 Å². The number of allylic oxidation sites excluding steroid dienone is 4. The van der Waals surface area contributed by atoms with E-state index in [4.69, 9.17) is 0 Å². The van der Waals surface area contributed by atoms with Crippen LogP contribution in [-0.4, -0.2) is 0 Å². The number of hydrogen-bond acceptors (Lipinski definition) is 0. The van der Waals surface area contributed by atoms with Crippen LogP contribution in [0.4, 0.5) is 0 Å². The Bertz CT molecular complexity index is 210. The molecule has 0 aromatic carbocycles. The van der Waals surface area contributed by atoms with Crippen molar-refractivity contribution in [1.29, 1.82) is 0 Å². The largest absolute Gasteiger partial charge is 0.0810 e. The lowest BCUT2D eigenvalue weighted by Crippen LogP contribution is -1.98. The minimum absolute atomic E-state index is 0.833. The monoisotopic (exact) mass is 206 g/mol. The summed E-state index contributed by atoms with van der Waals surface area (Å²) in [6.07, 6.45) is 18.3. The molecule has 0 aromatic rings. The van der Waals surface area contributed by atoms with E-state index in [9.17, 15) is 0 Å². The number of unbranched alkanes of at least 4 members (excludes halogenated alkanes) is 5. The molecule has 0 N–H and O–H groups in total. The molecule has 0 aliphatic heterocycles. The molecule has 0 heterocycles. The van der Waals surface area contributed by atoms with Crippen LogP contribution >= 0.6 is 0 Å². The van der Waals surface area contributed by atoms with Gasteiger partial charge in [0.25, 0.3) is 0 Å². The standard InChI is InChI=1S/C15H26/c1-3-4-5-6-7-8-9-15-12-10-14(2)11-13-15/h10-12,15H,3-9,13H2,1-2H3. The van der Waals surface area contributed by atoms with Crippen molar-refractivity contribution in [3.63, 3.8) is 0 Å². The first-order valence-electron chi connectivity index (χ1n) is 6.68. The van der Waals surface area contributed by atoms with E-state index in [-0.39, 0.29) is 0 Å². The Kier molecular flexibility index (Phi) is 6.47. The molecule has 0 saturated heterocycles. The van der Waals surface area contributed by atoms with Gasteiger partial charge in [-0.25, -0.2) is 0 Å². The zero-order valence-electron chi connectivity index (χ0n) is 10.5. The molecule has 1 aliphatic carbocycles. The number of hydrogen-bond donors (Lipinski definition) is 0. The predicted octanol–water partition coefficient (Wildman–Crippen LogP) is 5.26. The molecule has 15 heavy (non-hydrogen) atoms. The molecule has 86 valence electrons. The Labute approximate surface area is 95.5 Å². The first kappa shape index (κ1) is 12.5. The van der Waals surface area contributed by atoms with E-state index in [0.717, 1.165) is 5.92 Å². The number of rotatable bonds is 7. The summed E-state index contributed by atoms with van der Waals surface area (Å²) in [6, 6.07) is 0. The van der Waals surface area contributed by atoms with Gasteiger partial charge in [-0.2, -0.15) is 0 Å². The van der Waals surface area contributed by atoms with Crippen molar-refractivity contribution in [3.05, 3.63) is 23.8 Å². The Morgan fingerprint density at radius 3 is 2.53 bits per heavy atom. The predicted molar refractivity (Wildman–Crippen MR) is 69.0 cm³/mol. The molecule has 0 saturated carbocycles. The summed E-state index contributed by atoms with van der Waals surface area (Å²) in [5.41, 5.74) is 1.44. The first-order chi connectivity index (χ1) is 7.33. The van der Waals surface area contributed by atoms with Crippen molar-refractivity contribution in [1.82, 2.24) is 0 Å². The fraction of sp³-hybridized carbons (Fsp3) is 0.733. The second-order valence-corrected chi connectivity index (χ2v) is 4.86. The van der Waals surface area contributed by atoms with Gasteiger partial charge in [0.2, 0.25) is 0 Å². The molecule has 0 amide bonds. The van der Waals surface area contributed by atoms with Crippen LogP contribution in [0.25, 0.3) is 0 Å². The Hall–Kier alpha value is -0.520. The highest BCUT2D eigenvalue weighted by Gasteiger charge is 2.06. The third kappa shape index (κ3) is 5.81. The highest BCUT2D eigenvalue weighted by molar-refractivity contribution is 5.21. The van der Waals surface area contributed by atoms with E-state index in [2.05, 4.69) is 32.1 Å². The van der Waals surface area contributed by atoms with Gasteiger partial charge in [0, 0.05) is 0 Å². The summed E-state index contributed by atoms with van der Waals surface area (Å²) in [4.78, 5) is 0. The van der Waals surface area contributed by atoms with Crippen molar-refractivity contribution in [2.24, 2.45) is 5.92 Å². The van der Waals surface area contributed by atoms with Crippen molar-refractivity contribution in [2.45, 2.75) is 65.2 Å². The second kappa shape index (κ2) is 7.73. The highest BCUT2D eigenvalue weighted by atomic mass is 14.1. The molecule has 0 heteroatoms. The molecule has 1 aliphatic rings. The van der Waals surface area contributed by atoms with Crippen LogP contribution in [0.15, 0.2) is 23.8 Å². The maximum absolute atomic E-state index is 2.40. The topological polar surface area (TPSA) is 0 Å². The summed E-state index contributed by atoms with van der Waals surface area (Å²) in [5, 5.41) is 0. The van der Waals surface area contributed by atoms with E-state index < -0.39 is 0 Å². The summed E-state index contributed by atoms with van der Waals surface area (Å²) >= 11 is 0. The van der Waals surface area contributed by atoms with Gasteiger partial charge in [-0.15, -0.1) is 0 Å². The minimum Gasteiger partial charge on any atom is -0.0810 e. The first-order valence-corrected chi connectivity index (χ1v) is 6.68. The zero-order valence-corrected chi connectivity index (χ0v) is 10.5. The van der Waals surface area contributed by atoms with Crippen LogP contribution < -0.4 is 0 Å². The summed E-state index contributed by atoms with van der Waals surface area (Å²) in [6.45, 7) is 4.47. The van der Waals surface area contributed by atoms with E-state index >= 15 is 0 Å². The summed E-state index contributed by atoms with van der Waals surface area (Å²) < 4.78 is 0. The van der Waals surface area contributed by atoms with E-state index in [1.165, 1.54) is 56.9 Å². The average Bonchev–Trinajstić information content (AvgIpc) is 2.26. The van der Waals surface area contributed by atoms with Gasteiger partial charge in [0.15, 0.2) is 0 Å². The van der Waals surface area contributed by atoms with Gasteiger partial charge < -0.3 is 0 Å². The molecule has 0 fully saturated rings. The Morgan fingerprint density at radius 1 is 1.13 bits per heavy atom. The maximum Gasteiger partial charge on any atom is -0.0195 e. The third-order valence-corrected chi connectivity index (χ3v) is 3.30. The smallest absolute Gasteiger partial charge is 0.0195 e. The van der Waals surface area contributed by atoms with Crippen LogP contribution in [0.2, 0.25) is 0 Å². The van der Waals surface area contributed by atoms with Gasteiger partial charge in [0.05, 0.1) is 0 Å². The normalized spacial score (nSPS) is 20.4. The van der Waals surface area contributed by atoms with Gasteiger partial charge >= 0.3 is 0 Å². The van der Waals surface area contributed by atoms with E-state index in [0.29, 0.717) is 0 Å². The lowest BCUT2D eigenvalue weighted by Gasteiger charge is -2.14. The fourth-order valence-electron chi connectivity index (χ4n) is 2.17. The fourth-order valence-corrected chi connectivity index (χ4v) is 2.17. The minimum atomic E-state index is 0.833. The molecule has 1 rings (SSSR count). The van der Waals surface area contributed by atoms with Crippen molar-refractivity contribution < 1.29 is 0 Å². The average molecular weight is 206 g/mol. The molecule has 1 atom stereocenters. The molecule has 0 aromatic heterocycles. The molecule has 0 spiro atoms. The van der Waals surface area contributed by atoms with Crippen LogP contribution in [0.3, 0.4) is 0 Å². The highest BCUT2D eigenvalue weighted by Crippen LogP contribution is 2.21. The van der Waals surface area contributed by atoms with Gasteiger partial charge in [-0.05, 0) is 25.7 Å². The lowest BCUT2D eigenvalue weighted by atomic mass is 9.92.